The highest BCUT2D eigenvalue weighted by Gasteiger charge is 2.12. The summed E-state index contributed by atoms with van der Waals surface area (Å²) in [5, 5.41) is 14.6. The van der Waals surface area contributed by atoms with E-state index >= 15 is 0 Å². The van der Waals surface area contributed by atoms with Crippen LogP contribution in [0.4, 0.5) is 5.69 Å². The van der Waals surface area contributed by atoms with Crippen molar-refractivity contribution in [1.82, 2.24) is 0 Å². The average Bonchev–Trinajstić information content (AvgIpc) is 2.93. The van der Waals surface area contributed by atoms with E-state index in [1.807, 2.05) is 41.6 Å². The van der Waals surface area contributed by atoms with E-state index in [9.17, 15) is 0 Å². The number of benzene rings is 1. The monoisotopic (exact) mass is 256 g/mol. The third-order valence-corrected chi connectivity index (χ3v) is 3.43. The lowest BCUT2D eigenvalue weighted by Gasteiger charge is -2.19. The Hall–Kier alpha value is -2.32. The quantitative estimate of drug-likeness (QED) is 0.388. The molecular formula is C13H12N4S. The van der Waals surface area contributed by atoms with Crippen molar-refractivity contribution in [2.45, 2.75) is 0 Å². The number of hydrazone groups is 1. The van der Waals surface area contributed by atoms with E-state index in [-0.39, 0.29) is 0 Å². The highest BCUT2D eigenvalue weighted by Crippen LogP contribution is 2.19. The minimum absolute atomic E-state index is 0.634. The first-order chi connectivity index (χ1) is 8.76. The third kappa shape index (κ3) is 2.34. The largest absolute Gasteiger partial charge is 0.327 e. The molecule has 90 valence electrons. The minimum Gasteiger partial charge on any atom is -0.327 e. The van der Waals surface area contributed by atoms with Crippen molar-refractivity contribution in [2.24, 2.45) is 10.9 Å². The van der Waals surface area contributed by atoms with Crippen LogP contribution >= 0.6 is 11.3 Å². The van der Waals surface area contributed by atoms with Gasteiger partial charge in [0.25, 0.3) is 0 Å². The lowest BCUT2D eigenvalue weighted by atomic mass is 10.2. The number of hydrogen-bond donors (Lipinski definition) is 1. The van der Waals surface area contributed by atoms with Gasteiger partial charge in [-0.2, -0.15) is 10.4 Å². The van der Waals surface area contributed by atoms with Gasteiger partial charge in [-0.05, 0) is 35.7 Å². The fourth-order valence-corrected chi connectivity index (χ4v) is 2.36. The molecule has 0 radical (unpaired) electrons. The van der Waals surface area contributed by atoms with Crippen molar-refractivity contribution in [1.29, 1.82) is 5.26 Å². The summed E-state index contributed by atoms with van der Waals surface area (Å²) in [5.74, 6) is 6.16. The van der Waals surface area contributed by atoms with Crippen molar-refractivity contribution in [3.8, 4) is 6.07 Å². The summed E-state index contributed by atoms with van der Waals surface area (Å²) >= 11 is 1.58. The van der Waals surface area contributed by atoms with Gasteiger partial charge in [-0.15, -0.1) is 11.3 Å². The standard InChI is InChI=1S/C13H12N4S/c1-17(11-6-4-10(9-14)5-7-11)13(16-15)12-3-2-8-18-12/h2-8H,15H2,1H3. The molecule has 0 aliphatic heterocycles. The smallest absolute Gasteiger partial charge is 0.169 e. The van der Waals surface area contributed by atoms with E-state index < -0.39 is 0 Å². The molecular weight excluding hydrogens is 244 g/mol. The fraction of sp³-hybridized carbons (Fsp3) is 0.0769. The predicted octanol–water partition coefficient (Wildman–Crippen LogP) is 2.38. The zero-order chi connectivity index (χ0) is 13.0. The minimum atomic E-state index is 0.634. The van der Waals surface area contributed by atoms with Gasteiger partial charge in [-0.25, -0.2) is 0 Å². The van der Waals surface area contributed by atoms with Crippen molar-refractivity contribution < 1.29 is 0 Å². The van der Waals surface area contributed by atoms with Crippen LogP contribution in [0.5, 0.6) is 0 Å². The number of amidine groups is 1. The second-order valence-corrected chi connectivity index (χ2v) is 4.60. The molecule has 0 fully saturated rings. The van der Waals surface area contributed by atoms with Crippen LogP contribution in [-0.4, -0.2) is 12.9 Å². The summed E-state index contributed by atoms with van der Waals surface area (Å²) in [5.41, 5.74) is 1.57. The van der Waals surface area contributed by atoms with Gasteiger partial charge < -0.3 is 10.7 Å². The van der Waals surface area contributed by atoms with Crippen LogP contribution in [0.1, 0.15) is 10.4 Å². The lowest BCUT2D eigenvalue weighted by molar-refractivity contribution is 1.17. The Labute approximate surface area is 110 Å². The van der Waals surface area contributed by atoms with Gasteiger partial charge in [0.1, 0.15) is 0 Å². The van der Waals surface area contributed by atoms with Crippen LogP contribution in [0.3, 0.4) is 0 Å². The summed E-state index contributed by atoms with van der Waals surface area (Å²) in [6.45, 7) is 0. The molecule has 18 heavy (non-hydrogen) atoms. The molecule has 0 aliphatic carbocycles. The van der Waals surface area contributed by atoms with Crippen molar-refractivity contribution in [2.75, 3.05) is 11.9 Å². The summed E-state index contributed by atoms with van der Waals surface area (Å²) in [7, 11) is 1.90. The molecule has 0 bridgehead atoms. The maximum Gasteiger partial charge on any atom is 0.169 e. The van der Waals surface area contributed by atoms with E-state index in [0.717, 1.165) is 10.6 Å². The number of hydrogen-bond acceptors (Lipinski definition) is 4. The van der Waals surface area contributed by atoms with Crippen molar-refractivity contribution in [3.63, 3.8) is 0 Å². The topological polar surface area (TPSA) is 65.4 Å². The van der Waals surface area contributed by atoms with Crippen LogP contribution in [0.25, 0.3) is 0 Å². The Balaban J connectivity index is 2.30. The number of nitrogens with zero attached hydrogens (tertiary/aromatic N) is 3. The molecule has 2 rings (SSSR count). The fourth-order valence-electron chi connectivity index (χ4n) is 1.60. The van der Waals surface area contributed by atoms with Crippen LogP contribution < -0.4 is 10.7 Å². The average molecular weight is 256 g/mol. The zero-order valence-electron chi connectivity index (χ0n) is 9.87. The normalized spacial score (nSPS) is 11.0. The maximum atomic E-state index is 8.77. The molecule has 0 saturated heterocycles. The van der Waals surface area contributed by atoms with Crippen LogP contribution in [0.2, 0.25) is 0 Å². The molecule has 1 heterocycles. The van der Waals surface area contributed by atoms with Gasteiger partial charge in [0.05, 0.1) is 16.5 Å². The van der Waals surface area contributed by atoms with Crippen molar-refractivity contribution in [3.05, 3.63) is 52.2 Å². The second kappa shape index (κ2) is 5.34. The van der Waals surface area contributed by atoms with Crippen LogP contribution in [0.15, 0.2) is 46.9 Å². The molecule has 1 aromatic heterocycles. The number of anilines is 1. The number of thiophene rings is 1. The second-order valence-electron chi connectivity index (χ2n) is 3.65. The molecule has 2 N–H and O–H groups in total. The van der Waals surface area contributed by atoms with Crippen LogP contribution in [0, 0.1) is 11.3 Å². The Kier molecular flexibility index (Phi) is 3.60. The Morgan fingerprint density at radius 1 is 1.33 bits per heavy atom. The van der Waals surface area contributed by atoms with Crippen molar-refractivity contribution >= 4 is 22.9 Å². The summed E-state index contributed by atoms with van der Waals surface area (Å²) < 4.78 is 0. The molecule has 4 nitrogen and oxygen atoms in total. The maximum absolute atomic E-state index is 8.77. The Bertz CT molecular complexity index is 578. The lowest BCUT2D eigenvalue weighted by Crippen LogP contribution is -2.27. The number of nitriles is 1. The summed E-state index contributed by atoms with van der Waals surface area (Å²) in [4.78, 5) is 2.90. The molecule has 0 aliphatic rings. The number of nitrogens with two attached hydrogens (primary N) is 1. The molecule has 5 heteroatoms. The van der Waals surface area contributed by atoms with Gasteiger partial charge in [0.2, 0.25) is 0 Å². The van der Waals surface area contributed by atoms with E-state index in [1.54, 1.807) is 23.5 Å². The Morgan fingerprint density at radius 2 is 2.06 bits per heavy atom. The molecule has 2 aromatic rings. The molecule has 0 spiro atoms. The SMILES string of the molecule is CN(C(=NN)c1cccs1)c1ccc(C#N)cc1. The molecule has 1 aromatic carbocycles. The molecule has 0 saturated carbocycles. The van der Waals surface area contributed by atoms with Crippen LogP contribution in [-0.2, 0) is 0 Å². The number of rotatable bonds is 2. The van der Waals surface area contributed by atoms with Gasteiger partial charge in [0.15, 0.2) is 5.84 Å². The van der Waals surface area contributed by atoms with Gasteiger partial charge >= 0.3 is 0 Å². The molecule has 0 atom stereocenters. The Morgan fingerprint density at radius 3 is 2.56 bits per heavy atom. The van der Waals surface area contributed by atoms with E-state index in [2.05, 4.69) is 11.2 Å². The van der Waals surface area contributed by atoms with Gasteiger partial charge in [-0.1, -0.05) is 6.07 Å². The zero-order valence-corrected chi connectivity index (χ0v) is 10.7. The summed E-state index contributed by atoms with van der Waals surface area (Å²) in [6.07, 6.45) is 0. The first kappa shape index (κ1) is 12.1. The van der Waals surface area contributed by atoms with E-state index in [1.165, 1.54) is 0 Å². The molecule has 0 amide bonds. The first-order valence-corrected chi connectivity index (χ1v) is 6.20. The van der Waals surface area contributed by atoms with Gasteiger partial charge in [-0.3, -0.25) is 0 Å². The van der Waals surface area contributed by atoms with Gasteiger partial charge in [0, 0.05) is 12.7 Å². The molecule has 0 unspecified atom stereocenters. The van der Waals surface area contributed by atoms with E-state index in [0.29, 0.717) is 11.4 Å². The van der Waals surface area contributed by atoms with E-state index in [4.69, 9.17) is 11.1 Å². The predicted molar refractivity (Wildman–Crippen MR) is 74.6 cm³/mol. The highest BCUT2D eigenvalue weighted by atomic mass is 32.1. The first-order valence-electron chi connectivity index (χ1n) is 5.32. The summed E-state index contributed by atoms with van der Waals surface area (Å²) in [6, 6.07) is 13.3. The third-order valence-electron chi connectivity index (χ3n) is 2.57. The highest BCUT2D eigenvalue weighted by molar-refractivity contribution is 7.12.